The fraction of sp³-hybridized carbons (Fsp3) is 0.500. The van der Waals surface area contributed by atoms with Crippen LogP contribution in [0, 0.1) is 5.92 Å². The molecule has 4 nitrogen and oxygen atoms in total. The number of aliphatic carboxylic acids is 2. The Morgan fingerprint density at radius 3 is 1.17 bits per heavy atom. The van der Waals surface area contributed by atoms with Gasteiger partial charge in [-0.05, 0) is 6.92 Å². The van der Waals surface area contributed by atoms with Crippen molar-refractivity contribution in [1.82, 2.24) is 0 Å². The van der Waals surface area contributed by atoms with Gasteiger partial charge in [0.1, 0.15) is 0 Å². The monoisotopic (exact) mass is 214 g/mol. The van der Waals surface area contributed by atoms with Crippen LogP contribution in [0.3, 0.4) is 0 Å². The zero-order chi connectivity index (χ0) is 6.73. The smallest absolute Gasteiger partial charge is 1.00 e. The number of carbonyl (C=O) groups is 2. The zero-order valence-corrected chi connectivity index (χ0v) is 16.3. The number of hydrogen-bond donors (Lipinski definition) is 2. The molecule has 0 spiro atoms. The summed E-state index contributed by atoms with van der Waals surface area (Å²) in [6.07, 6.45) is 0. The maximum atomic E-state index is 9.76. The van der Waals surface area contributed by atoms with Crippen LogP contribution in [0.4, 0.5) is 0 Å². The maximum absolute atomic E-state index is 9.76. The van der Waals surface area contributed by atoms with Gasteiger partial charge in [-0.1, -0.05) is 0 Å². The fourth-order valence-corrected chi connectivity index (χ4v) is 0.106. The van der Waals surface area contributed by atoms with E-state index in [0.717, 1.165) is 6.92 Å². The molecule has 0 radical (unpaired) electrons. The van der Waals surface area contributed by atoms with Crippen molar-refractivity contribution < 1.29 is 144 Å². The van der Waals surface area contributed by atoms with Crippen LogP contribution in [-0.4, -0.2) is 22.2 Å². The predicted octanol–water partition coefficient (Wildman–Crippen LogP) is -11.7. The van der Waals surface area contributed by atoms with E-state index in [1.165, 1.54) is 0 Å². The Morgan fingerprint density at radius 1 is 1.00 bits per heavy atom. The van der Waals surface area contributed by atoms with E-state index in [9.17, 15) is 9.59 Å². The van der Waals surface area contributed by atoms with Crippen LogP contribution in [0.1, 0.15) is 12.6 Å². The minimum Gasteiger partial charge on any atom is -1.00 e. The number of hydrogen-bond acceptors (Lipinski definition) is 2. The molecule has 0 atom stereocenters. The molecule has 0 amide bonds. The van der Waals surface area contributed by atoms with E-state index >= 15 is 0 Å². The second kappa shape index (κ2) is 16.4. The largest absolute Gasteiger partial charge is 1.00 e. The molecule has 0 aromatic carbocycles. The molecular weight excluding hydrogens is 204 g/mol. The Labute approximate surface area is 165 Å². The quantitative estimate of drug-likeness (QED) is 0.353. The third kappa shape index (κ3) is 15.4. The van der Waals surface area contributed by atoms with E-state index in [1.54, 1.807) is 0 Å². The summed E-state index contributed by atoms with van der Waals surface area (Å²) in [6, 6.07) is 0. The Balaban J connectivity index is -0.00000000875. The van der Waals surface area contributed by atoms with Crippen LogP contribution in [0.15, 0.2) is 0 Å². The van der Waals surface area contributed by atoms with Crippen molar-refractivity contribution in [1.29, 1.82) is 0 Å². The van der Waals surface area contributed by atoms with E-state index < -0.39 is 17.9 Å². The standard InChI is InChI=1S/C4H6O4.4Na.4H/c1-2(3(5)6)4(7)8;;;;;;;;/h2H,1H3,(H,5,6)(H,7,8);;;;;;;;/q;4*+1;4*-1. The zero-order valence-electron chi connectivity index (χ0n) is 12.3. The third-order valence-electron chi connectivity index (χ3n) is 0.741. The molecule has 0 aliphatic heterocycles. The molecule has 0 fully saturated rings. The SMILES string of the molecule is CC(C(=O)O)C(=O)O.[H-].[H-].[H-].[H-].[Na+].[Na+].[Na+].[Na+]. The summed E-state index contributed by atoms with van der Waals surface area (Å²) in [7, 11) is 0. The molecule has 0 aliphatic rings. The van der Waals surface area contributed by atoms with E-state index in [1.807, 2.05) is 0 Å². The Bertz CT molecular complexity index is 127. The minimum atomic E-state index is -1.31. The molecule has 0 rings (SSSR count). The number of carboxylic acid groups (broad SMARTS) is 2. The molecule has 54 valence electrons. The molecule has 0 aliphatic carbocycles. The average Bonchev–Trinajstić information content (AvgIpc) is 1.64. The molecule has 0 heterocycles. The Kier molecular flexibility index (Phi) is 40.1. The van der Waals surface area contributed by atoms with Gasteiger partial charge in [-0.25, -0.2) is 0 Å². The van der Waals surface area contributed by atoms with Crippen LogP contribution in [0.5, 0.6) is 0 Å². The Hall–Kier alpha value is 2.94. The van der Waals surface area contributed by atoms with E-state index in [0.29, 0.717) is 0 Å². The second-order valence-electron chi connectivity index (χ2n) is 1.40. The van der Waals surface area contributed by atoms with Gasteiger partial charge in [-0.3, -0.25) is 9.59 Å². The van der Waals surface area contributed by atoms with Crippen LogP contribution in [0.2, 0.25) is 0 Å². The summed E-state index contributed by atoms with van der Waals surface area (Å²) >= 11 is 0. The van der Waals surface area contributed by atoms with Crippen LogP contribution in [0.25, 0.3) is 0 Å². The van der Waals surface area contributed by atoms with Crippen molar-refractivity contribution >= 4 is 11.9 Å². The van der Waals surface area contributed by atoms with Crippen molar-refractivity contribution in [2.45, 2.75) is 6.92 Å². The minimum absolute atomic E-state index is 0. The summed E-state index contributed by atoms with van der Waals surface area (Å²) < 4.78 is 0. The molecular formula is C4H10Na4O4. The first-order valence-corrected chi connectivity index (χ1v) is 2.01. The molecule has 0 saturated heterocycles. The predicted molar refractivity (Wildman–Crippen MR) is 28.9 cm³/mol. The van der Waals surface area contributed by atoms with Gasteiger partial charge < -0.3 is 15.9 Å². The van der Waals surface area contributed by atoms with Gasteiger partial charge >= 0.3 is 130 Å². The van der Waals surface area contributed by atoms with Crippen molar-refractivity contribution in [3.05, 3.63) is 0 Å². The molecule has 12 heavy (non-hydrogen) atoms. The van der Waals surface area contributed by atoms with Gasteiger partial charge in [0.05, 0.1) is 0 Å². The topological polar surface area (TPSA) is 74.6 Å². The van der Waals surface area contributed by atoms with E-state index in [2.05, 4.69) is 0 Å². The van der Waals surface area contributed by atoms with Crippen molar-refractivity contribution in [3.63, 3.8) is 0 Å². The molecule has 0 aromatic heterocycles. The summed E-state index contributed by atoms with van der Waals surface area (Å²) in [5.74, 6) is -3.91. The average molecular weight is 214 g/mol. The number of rotatable bonds is 2. The Morgan fingerprint density at radius 2 is 1.17 bits per heavy atom. The van der Waals surface area contributed by atoms with Crippen molar-refractivity contribution in [2.75, 3.05) is 0 Å². The second-order valence-corrected chi connectivity index (χ2v) is 1.40. The van der Waals surface area contributed by atoms with Crippen molar-refractivity contribution in [2.24, 2.45) is 5.92 Å². The molecule has 0 aromatic rings. The van der Waals surface area contributed by atoms with E-state index in [4.69, 9.17) is 10.2 Å². The summed E-state index contributed by atoms with van der Waals surface area (Å²) in [5.41, 5.74) is 0. The summed E-state index contributed by atoms with van der Waals surface area (Å²) in [4.78, 5) is 19.5. The van der Waals surface area contributed by atoms with Gasteiger partial charge in [0, 0.05) is 0 Å². The van der Waals surface area contributed by atoms with Gasteiger partial charge in [0.25, 0.3) is 0 Å². The number of carboxylic acids is 2. The first-order chi connectivity index (χ1) is 3.55. The molecule has 0 bridgehead atoms. The first kappa shape index (κ1) is 29.4. The maximum Gasteiger partial charge on any atom is 1.00 e. The van der Waals surface area contributed by atoms with Gasteiger partial charge in [0.15, 0.2) is 5.92 Å². The van der Waals surface area contributed by atoms with E-state index in [-0.39, 0.29) is 124 Å². The molecule has 0 unspecified atom stereocenters. The van der Waals surface area contributed by atoms with Crippen LogP contribution >= 0.6 is 0 Å². The van der Waals surface area contributed by atoms with Gasteiger partial charge in [-0.2, -0.15) is 0 Å². The van der Waals surface area contributed by atoms with Crippen LogP contribution < -0.4 is 118 Å². The first-order valence-electron chi connectivity index (χ1n) is 2.01. The van der Waals surface area contributed by atoms with Crippen molar-refractivity contribution in [3.8, 4) is 0 Å². The van der Waals surface area contributed by atoms with Crippen LogP contribution in [-0.2, 0) is 9.59 Å². The summed E-state index contributed by atoms with van der Waals surface area (Å²) in [5, 5.41) is 15.9. The molecule has 8 heteroatoms. The molecule has 0 saturated carbocycles. The summed E-state index contributed by atoms with van der Waals surface area (Å²) in [6.45, 7) is 1.12. The third-order valence-corrected chi connectivity index (χ3v) is 0.741. The fourth-order valence-electron chi connectivity index (χ4n) is 0.106. The normalized spacial score (nSPS) is 6.17. The van der Waals surface area contributed by atoms with Gasteiger partial charge in [-0.15, -0.1) is 0 Å². The molecule has 2 N–H and O–H groups in total. The van der Waals surface area contributed by atoms with Gasteiger partial charge in [0.2, 0.25) is 0 Å².